The minimum Gasteiger partial charge on any atom is -0.500 e. The molecule has 0 aromatic heterocycles. The van der Waals surface area contributed by atoms with Gasteiger partial charge in [-0.1, -0.05) is 0 Å². The van der Waals surface area contributed by atoms with E-state index in [2.05, 4.69) is 26.7 Å². The lowest BCUT2D eigenvalue weighted by molar-refractivity contribution is -0.386. The summed E-state index contributed by atoms with van der Waals surface area (Å²) in [5.41, 5.74) is 6.35. The lowest BCUT2D eigenvalue weighted by Gasteiger charge is -2.26. The smallest absolute Gasteiger partial charge is 0.335 e. The minimum atomic E-state index is -1.04. The van der Waals surface area contributed by atoms with Gasteiger partial charge in [-0.2, -0.15) is 5.10 Å². The monoisotopic (exact) mass is 395 g/mol. The summed E-state index contributed by atoms with van der Waals surface area (Å²) in [7, 11) is 1.23. The Kier molecular flexibility index (Phi) is 6.41. The van der Waals surface area contributed by atoms with Crippen LogP contribution in [0.1, 0.15) is 12.5 Å². The van der Waals surface area contributed by atoms with Crippen molar-refractivity contribution in [3.8, 4) is 11.5 Å². The van der Waals surface area contributed by atoms with Gasteiger partial charge in [0.1, 0.15) is 0 Å². The number of aromatic hydroxyl groups is 1. The summed E-state index contributed by atoms with van der Waals surface area (Å²) in [6.07, 6.45) is 0.0807. The van der Waals surface area contributed by atoms with Crippen LogP contribution in [0.5, 0.6) is 11.5 Å². The largest absolute Gasteiger partial charge is 0.500 e. The molecule has 0 saturated carbocycles. The number of imide groups is 1. The zero-order valence-corrected chi connectivity index (χ0v) is 14.7. The van der Waals surface area contributed by atoms with Crippen LogP contribution in [0.15, 0.2) is 17.2 Å². The summed E-state index contributed by atoms with van der Waals surface area (Å²) in [4.78, 5) is 44.7. The van der Waals surface area contributed by atoms with E-state index in [1.165, 1.54) is 20.1 Å². The average molecular weight is 395 g/mol. The number of urea groups is 1. The molecule has 14 heteroatoms. The second kappa shape index (κ2) is 8.74. The van der Waals surface area contributed by atoms with E-state index in [1.807, 2.05) is 5.32 Å². The SMILES string of the molecule is COc1cc(/C=N/NC(=O)C(C)NC2NNC(=O)NC2=O)cc([N+](=O)[O-])c1O. The second-order valence-electron chi connectivity index (χ2n) is 5.49. The van der Waals surface area contributed by atoms with Crippen LogP contribution in [-0.2, 0) is 9.59 Å². The third-order valence-corrected chi connectivity index (χ3v) is 3.52. The molecule has 1 heterocycles. The molecule has 0 bridgehead atoms. The number of carbonyl (C=O) groups excluding carboxylic acids is 3. The van der Waals surface area contributed by atoms with Crippen molar-refractivity contribution >= 4 is 29.7 Å². The number of nitrogens with zero attached hydrogens (tertiary/aromatic N) is 2. The first-order valence-corrected chi connectivity index (χ1v) is 7.73. The third kappa shape index (κ3) is 4.89. The molecule has 2 atom stereocenters. The van der Waals surface area contributed by atoms with Crippen molar-refractivity contribution in [2.75, 3.05) is 7.11 Å². The van der Waals surface area contributed by atoms with Crippen LogP contribution < -0.4 is 31.6 Å². The van der Waals surface area contributed by atoms with E-state index in [9.17, 15) is 29.6 Å². The number of ether oxygens (including phenoxy) is 1. The van der Waals surface area contributed by atoms with Gasteiger partial charge in [-0.25, -0.2) is 15.6 Å². The summed E-state index contributed by atoms with van der Waals surface area (Å²) in [5.74, 6) is -2.05. The molecule has 4 amide bonds. The highest BCUT2D eigenvalue weighted by Gasteiger charge is 2.28. The molecule has 2 rings (SSSR count). The van der Waals surface area contributed by atoms with E-state index in [-0.39, 0.29) is 11.3 Å². The molecule has 150 valence electrons. The first-order chi connectivity index (χ1) is 13.2. The number of phenolic OH excluding ortho intramolecular Hbond substituents is 1. The molecular weight excluding hydrogens is 378 g/mol. The Morgan fingerprint density at radius 2 is 2.18 bits per heavy atom. The number of hydrazone groups is 1. The van der Waals surface area contributed by atoms with Gasteiger partial charge < -0.3 is 9.84 Å². The van der Waals surface area contributed by atoms with E-state index >= 15 is 0 Å². The highest BCUT2D eigenvalue weighted by atomic mass is 16.6. The van der Waals surface area contributed by atoms with Crippen LogP contribution in [-0.4, -0.2) is 53.4 Å². The van der Waals surface area contributed by atoms with Crippen molar-refractivity contribution in [1.82, 2.24) is 26.9 Å². The summed E-state index contributed by atoms with van der Waals surface area (Å²) >= 11 is 0. The molecule has 2 unspecified atom stereocenters. The number of rotatable bonds is 7. The van der Waals surface area contributed by atoms with Crippen molar-refractivity contribution in [1.29, 1.82) is 0 Å². The van der Waals surface area contributed by atoms with E-state index < -0.39 is 46.4 Å². The zero-order valence-electron chi connectivity index (χ0n) is 14.7. The maximum atomic E-state index is 12.0. The number of methoxy groups -OCH3 is 1. The number of hydrogen-bond donors (Lipinski definition) is 6. The molecule has 1 aliphatic heterocycles. The zero-order chi connectivity index (χ0) is 20.8. The number of carbonyl (C=O) groups is 3. The Hall–Kier alpha value is -3.78. The third-order valence-electron chi connectivity index (χ3n) is 3.52. The molecule has 1 aromatic carbocycles. The van der Waals surface area contributed by atoms with Crippen LogP contribution in [0.25, 0.3) is 0 Å². The Labute approximate surface area is 157 Å². The average Bonchev–Trinajstić information content (AvgIpc) is 2.64. The molecule has 1 fully saturated rings. The van der Waals surface area contributed by atoms with Crippen LogP contribution in [0.2, 0.25) is 0 Å². The summed E-state index contributed by atoms with van der Waals surface area (Å²) < 4.78 is 4.86. The Morgan fingerprint density at radius 3 is 2.79 bits per heavy atom. The van der Waals surface area contributed by atoms with Gasteiger partial charge in [0.2, 0.25) is 5.75 Å². The normalized spacial score (nSPS) is 17.6. The summed E-state index contributed by atoms with van der Waals surface area (Å²) in [6, 6.07) is 0.731. The fourth-order valence-corrected chi connectivity index (χ4v) is 2.11. The minimum absolute atomic E-state index is 0.131. The van der Waals surface area contributed by atoms with Crippen molar-refractivity contribution in [2.24, 2.45) is 5.10 Å². The maximum absolute atomic E-state index is 12.0. The second-order valence-corrected chi connectivity index (χ2v) is 5.49. The lowest BCUT2D eigenvalue weighted by Crippen LogP contribution is -2.68. The quantitative estimate of drug-likeness (QED) is 0.179. The van der Waals surface area contributed by atoms with E-state index in [1.54, 1.807) is 0 Å². The van der Waals surface area contributed by atoms with Gasteiger partial charge in [0, 0.05) is 11.6 Å². The molecule has 1 aliphatic rings. The molecule has 28 heavy (non-hydrogen) atoms. The highest BCUT2D eigenvalue weighted by Crippen LogP contribution is 2.36. The molecule has 6 N–H and O–H groups in total. The number of nitrogens with one attached hydrogen (secondary N) is 5. The van der Waals surface area contributed by atoms with Gasteiger partial charge in [0.15, 0.2) is 11.9 Å². The molecule has 0 spiro atoms. The Bertz CT molecular complexity index is 842. The topological polar surface area (TPSA) is 196 Å². The number of phenols is 1. The number of amides is 4. The van der Waals surface area contributed by atoms with Gasteiger partial charge in [-0.3, -0.25) is 35.8 Å². The number of nitro groups is 1. The van der Waals surface area contributed by atoms with Crippen LogP contribution in [0.4, 0.5) is 10.5 Å². The molecular formula is C14H17N7O7. The number of nitro benzene ring substituents is 1. The van der Waals surface area contributed by atoms with Gasteiger partial charge in [0.25, 0.3) is 11.8 Å². The highest BCUT2D eigenvalue weighted by molar-refractivity contribution is 5.99. The van der Waals surface area contributed by atoms with E-state index in [0.717, 1.165) is 12.3 Å². The number of benzene rings is 1. The van der Waals surface area contributed by atoms with Crippen molar-refractivity contribution in [3.05, 3.63) is 27.8 Å². The van der Waals surface area contributed by atoms with Crippen LogP contribution >= 0.6 is 0 Å². The van der Waals surface area contributed by atoms with Crippen molar-refractivity contribution in [3.63, 3.8) is 0 Å². The van der Waals surface area contributed by atoms with Crippen molar-refractivity contribution < 1.29 is 29.2 Å². The fourth-order valence-electron chi connectivity index (χ4n) is 2.11. The van der Waals surface area contributed by atoms with Gasteiger partial charge in [0.05, 0.1) is 24.3 Å². The van der Waals surface area contributed by atoms with Crippen molar-refractivity contribution in [2.45, 2.75) is 19.1 Å². The van der Waals surface area contributed by atoms with Gasteiger partial charge in [-0.15, -0.1) is 0 Å². The lowest BCUT2D eigenvalue weighted by atomic mass is 10.2. The first-order valence-electron chi connectivity index (χ1n) is 7.73. The van der Waals surface area contributed by atoms with Gasteiger partial charge >= 0.3 is 11.7 Å². The molecule has 1 saturated heterocycles. The van der Waals surface area contributed by atoms with Gasteiger partial charge in [-0.05, 0) is 13.0 Å². The van der Waals surface area contributed by atoms with Crippen LogP contribution in [0.3, 0.4) is 0 Å². The standard InChI is InChI=1S/C14H17N7O7/c1-6(16-11-13(24)17-14(25)20-18-11)12(23)19-15-5-7-3-8(21(26)27)10(22)9(4-7)28-2/h3-6,11,16,18,22H,1-2H3,(H,19,23)(H2,17,20,24,25)/b15-5+. The molecule has 0 aliphatic carbocycles. The number of hydrogen-bond acceptors (Lipinski definition) is 10. The summed E-state index contributed by atoms with van der Waals surface area (Å²) in [6.45, 7) is 1.45. The number of hydrazine groups is 1. The molecule has 0 radical (unpaired) electrons. The predicted octanol–water partition coefficient (Wildman–Crippen LogP) is -1.59. The molecule has 14 nitrogen and oxygen atoms in total. The predicted molar refractivity (Wildman–Crippen MR) is 93.2 cm³/mol. The Balaban J connectivity index is 1.99. The van der Waals surface area contributed by atoms with E-state index in [4.69, 9.17) is 4.74 Å². The molecule has 1 aromatic rings. The van der Waals surface area contributed by atoms with E-state index in [0.29, 0.717) is 0 Å². The summed E-state index contributed by atoms with van der Waals surface area (Å²) in [5, 5.41) is 29.0. The Morgan fingerprint density at radius 1 is 1.46 bits per heavy atom. The van der Waals surface area contributed by atoms with Crippen LogP contribution in [0, 0.1) is 10.1 Å². The first kappa shape index (κ1) is 20.5. The maximum Gasteiger partial charge on any atom is 0.335 e. The fraction of sp³-hybridized carbons (Fsp3) is 0.286.